The molecule has 25 heavy (non-hydrogen) atoms. The average molecular weight is 357 g/mol. The number of hydrogen-bond donors (Lipinski definition) is 2. The molecule has 0 fully saturated rings. The molecule has 5 nitrogen and oxygen atoms in total. The zero-order chi connectivity index (χ0) is 17.8. The van der Waals surface area contributed by atoms with Gasteiger partial charge in [-0.25, -0.2) is 4.79 Å². The van der Waals surface area contributed by atoms with Gasteiger partial charge in [-0.3, -0.25) is 4.79 Å². The summed E-state index contributed by atoms with van der Waals surface area (Å²) < 4.78 is 0. The normalized spacial score (nSPS) is 16.2. The van der Waals surface area contributed by atoms with Gasteiger partial charge in [-0.1, -0.05) is 19.1 Å². The molecule has 1 atom stereocenters. The molecule has 1 unspecified atom stereocenters. The van der Waals surface area contributed by atoms with Crippen LogP contribution in [0.2, 0.25) is 0 Å². The summed E-state index contributed by atoms with van der Waals surface area (Å²) in [5.41, 5.74) is 2.99. The summed E-state index contributed by atoms with van der Waals surface area (Å²) in [5.74, 6) is -0.105. The SMILES string of the molecule is CCC1c2ccsc2CCN1C(=O)NCc1cccc(NC(C)=O)c1. The van der Waals surface area contributed by atoms with Gasteiger partial charge in [0.05, 0.1) is 6.04 Å². The summed E-state index contributed by atoms with van der Waals surface area (Å²) in [6, 6.07) is 9.80. The van der Waals surface area contributed by atoms with Gasteiger partial charge in [-0.15, -0.1) is 11.3 Å². The Morgan fingerprint density at radius 1 is 1.32 bits per heavy atom. The Morgan fingerprint density at radius 3 is 2.92 bits per heavy atom. The van der Waals surface area contributed by atoms with Crippen molar-refractivity contribution in [2.75, 3.05) is 11.9 Å². The van der Waals surface area contributed by atoms with Gasteiger partial charge in [0.1, 0.15) is 0 Å². The fourth-order valence-corrected chi connectivity index (χ4v) is 4.25. The van der Waals surface area contributed by atoms with E-state index in [-0.39, 0.29) is 18.0 Å². The number of carbonyl (C=O) groups is 2. The number of hydrogen-bond acceptors (Lipinski definition) is 3. The van der Waals surface area contributed by atoms with E-state index in [0.29, 0.717) is 6.54 Å². The van der Waals surface area contributed by atoms with E-state index in [1.54, 1.807) is 11.3 Å². The molecule has 132 valence electrons. The highest BCUT2D eigenvalue weighted by atomic mass is 32.1. The van der Waals surface area contributed by atoms with Gasteiger partial charge in [0.25, 0.3) is 0 Å². The molecule has 0 spiro atoms. The highest BCUT2D eigenvalue weighted by molar-refractivity contribution is 7.10. The molecule has 1 aromatic carbocycles. The summed E-state index contributed by atoms with van der Waals surface area (Å²) >= 11 is 1.78. The molecule has 0 bridgehead atoms. The van der Waals surface area contributed by atoms with Crippen LogP contribution >= 0.6 is 11.3 Å². The lowest BCUT2D eigenvalue weighted by atomic mass is 9.98. The zero-order valence-electron chi connectivity index (χ0n) is 14.5. The van der Waals surface area contributed by atoms with E-state index in [1.165, 1.54) is 17.4 Å². The van der Waals surface area contributed by atoms with Crippen LogP contribution < -0.4 is 10.6 Å². The van der Waals surface area contributed by atoms with Gasteiger partial charge in [0.15, 0.2) is 0 Å². The van der Waals surface area contributed by atoms with Crippen LogP contribution in [0.4, 0.5) is 10.5 Å². The molecule has 2 aromatic rings. The van der Waals surface area contributed by atoms with Crippen molar-refractivity contribution in [2.24, 2.45) is 0 Å². The van der Waals surface area contributed by atoms with Gasteiger partial charge in [-0.2, -0.15) is 0 Å². The lowest BCUT2D eigenvalue weighted by Gasteiger charge is -2.35. The van der Waals surface area contributed by atoms with Crippen LogP contribution in [-0.4, -0.2) is 23.4 Å². The molecular weight excluding hydrogens is 334 g/mol. The Kier molecular flexibility index (Phi) is 5.38. The van der Waals surface area contributed by atoms with Crippen molar-refractivity contribution in [2.45, 2.75) is 39.3 Å². The van der Waals surface area contributed by atoms with E-state index in [9.17, 15) is 9.59 Å². The molecule has 0 aliphatic carbocycles. The van der Waals surface area contributed by atoms with Gasteiger partial charge in [0, 0.05) is 30.6 Å². The number of fused-ring (bicyclic) bond motifs is 1. The van der Waals surface area contributed by atoms with E-state index in [2.05, 4.69) is 29.0 Å². The number of rotatable bonds is 4. The highest BCUT2D eigenvalue weighted by Crippen LogP contribution is 2.35. The van der Waals surface area contributed by atoms with Crippen LogP contribution in [0, 0.1) is 0 Å². The summed E-state index contributed by atoms with van der Waals surface area (Å²) in [5, 5.41) is 7.89. The van der Waals surface area contributed by atoms with Gasteiger partial charge in [0.2, 0.25) is 5.91 Å². The molecule has 0 radical (unpaired) electrons. The smallest absolute Gasteiger partial charge is 0.318 e. The maximum absolute atomic E-state index is 12.7. The number of nitrogens with one attached hydrogen (secondary N) is 2. The quantitative estimate of drug-likeness (QED) is 0.871. The molecule has 1 aliphatic heterocycles. The minimum absolute atomic E-state index is 0.0337. The molecule has 2 N–H and O–H groups in total. The summed E-state index contributed by atoms with van der Waals surface area (Å²) in [6.07, 6.45) is 1.84. The fraction of sp³-hybridized carbons (Fsp3) is 0.368. The Morgan fingerprint density at radius 2 is 2.16 bits per heavy atom. The molecule has 3 rings (SSSR count). The number of anilines is 1. The molecule has 0 saturated carbocycles. The molecule has 6 heteroatoms. The van der Waals surface area contributed by atoms with Crippen LogP contribution in [0.3, 0.4) is 0 Å². The van der Waals surface area contributed by atoms with E-state index in [4.69, 9.17) is 0 Å². The number of urea groups is 1. The van der Waals surface area contributed by atoms with Crippen molar-refractivity contribution in [3.63, 3.8) is 0 Å². The predicted octanol–water partition coefficient (Wildman–Crippen LogP) is 3.93. The number of thiophene rings is 1. The van der Waals surface area contributed by atoms with Crippen molar-refractivity contribution < 1.29 is 9.59 Å². The molecular formula is C19H23N3O2S. The van der Waals surface area contributed by atoms with Crippen LogP contribution in [-0.2, 0) is 17.8 Å². The Bertz CT molecular complexity index is 772. The monoisotopic (exact) mass is 357 g/mol. The Hall–Kier alpha value is -2.34. The van der Waals surface area contributed by atoms with Crippen molar-refractivity contribution in [3.05, 3.63) is 51.7 Å². The summed E-state index contributed by atoms with van der Waals surface area (Å²) in [6.45, 7) is 4.79. The molecule has 3 amide bonds. The van der Waals surface area contributed by atoms with E-state index in [0.717, 1.165) is 30.6 Å². The fourth-order valence-electron chi connectivity index (χ4n) is 3.32. The van der Waals surface area contributed by atoms with Crippen molar-refractivity contribution in [1.29, 1.82) is 0 Å². The summed E-state index contributed by atoms with van der Waals surface area (Å²) in [4.78, 5) is 27.2. The molecule has 1 aromatic heterocycles. The van der Waals surface area contributed by atoms with Crippen molar-refractivity contribution in [1.82, 2.24) is 10.2 Å². The van der Waals surface area contributed by atoms with Crippen LogP contribution in [0.25, 0.3) is 0 Å². The Balaban J connectivity index is 1.64. The van der Waals surface area contributed by atoms with Crippen molar-refractivity contribution in [3.8, 4) is 0 Å². The van der Waals surface area contributed by atoms with Crippen molar-refractivity contribution >= 4 is 29.0 Å². The number of amides is 3. The minimum atomic E-state index is -0.105. The first-order valence-corrected chi connectivity index (χ1v) is 9.43. The van der Waals surface area contributed by atoms with Crippen LogP contribution in [0.15, 0.2) is 35.7 Å². The summed E-state index contributed by atoms with van der Waals surface area (Å²) in [7, 11) is 0. The first-order chi connectivity index (χ1) is 12.1. The first-order valence-electron chi connectivity index (χ1n) is 8.55. The highest BCUT2D eigenvalue weighted by Gasteiger charge is 2.30. The second-order valence-corrected chi connectivity index (χ2v) is 7.21. The van der Waals surface area contributed by atoms with E-state index >= 15 is 0 Å². The number of benzene rings is 1. The molecule has 1 aliphatic rings. The topological polar surface area (TPSA) is 61.4 Å². The lowest BCUT2D eigenvalue weighted by Crippen LogP contribution is -2.44. The maximum atomic E-state index is 12.7. The second kappa shape index (κ2) is 7.70. The Labute approximate surface area is 152 Å². The maximum Gasteiger partial charge on any atom is 0.318 e. The van der Waals surface area contributed by atoms with Gasteiger partial charge < -0.3 is 15.5 Å². The largest absolute Gasteiger partial charge is 0.334 e. The van der Waals surface area contributed by atoms with Gasteiger partial charge >= 0.3 is 6.03 Å². The van der Waals surface area contributed by atoms with E-state index in [1.807, 2.05) is 29.2 Å². The third kappa shape index (κ3) is 4.02. The van der Waals surface area contributed by atoms with Crippen LogP contribution in [0.5, 0.6) is 0 Å². The third-order valence-corrected chi connectivity index (χ3v) is 5.43. The number of carbonyl (C=O) groups excluding carboxylic acids is 2. The molecule has 0 saturated heterocycles. The predicted molar refractivity (Wildman–Crippen MR) is 101 cm³/mol. The van der Waals surface area contributed by atoms with Gasteiger partial charge in [-0.05, 0) is 47.5 Å². The molecule has 2 heterocycles. The minimum Gasteiger partial charge on any atom is -0.334 e. The standard InChI is InChI=1S/C19H23N3O2S/c1-3-17-16-8-10-25-18(16)7-9-22(17)19(24)20-12-14-5-4-6-15(11-14)21-13(2)23/h4-6,8,10-11,17H,3,7,9,12H2,1-2H3,(H,20,24)(H,21,23). The zero-order valence-corrected chi connectivity index (χ0v) is 15.4. The van der Waals surface area contributed by atoms with Crippen LogP contribution in [0.1, 0.15) is 42.3 Å². The van der Waals surface area contributed by atoms with E-state index < -0.39 is 0 Å². The number of nitrogens with zero attached hydrogens (tertiary/aromatic N) is 1. The lowest BCUT2D eigenvalue weighted by molar-refractivity contribution is -0.114. The second-order valence-electron chi connectivity index (χ2n) is 6.21. The average Bonchev–Trinajstić information content (AvgIpc) is 3.07. The first kappa shape index (κ1) is 17.5. The third-order valence-electron chi connectivity index (χ3n) is 4.43.